The third-order valence-electron chi connectivity index (χ3n) is 5.60. The molecule has 1 heterocycles. The SMILES string of the molecule is CC(C)(C)c1ccc(-c2c(OCc3ccccc3)ccn(Cc3ccccc3)c2=O)cc1. The first-order valence-corrected chi connectivity index (χ1v) is 11.0. The molecule has 0 saturated carbocycles. The lowest BCUT2D eigenvalue weighted by Crippen LogP contribution is -2.22. The Kier molecular flexibility index (Phi) is 6.27. The minimum atomic E-state index is -0.0528. The van der Waals surface area contributed by atoms with Crippen LogP contribution in [0.15, 0.2) is 102 Å². The van der Waals surface area contributed by atoms with Crippen LogP contribution in [0.5, 0.6) is 5.75 Å². The zero-order valence-corrected chi connectivity index (χ0v) is 18.9. The van der Waals surface area contributed by atoms with Crippen LogP contribution in [0.2, 0.25) is 0 Å². The van der Waals surface area contributed by atoms with E-state index in [-0.39, 0.29) is 11.0 Å². The molecule has 3 aromatic carbocycles. The van der Waals surface area contributed by atoms with Crippen LogP contribution in [0.25, 0.3) is 11.1 Å². The Morgan fingerprint density at radius 2 is 1.34 bits per heavy atom. The monoisotopic (exact) mass is 423 g/mol. The van der Waals surface area contributed by atoms with Gasteiger partial charge in [-0.2, -0.15) is 0 Å². The summed E-state index contributed by atoms with van der Waals surface area (Å²) >= 11 is 0. The fraction of sp³-hybridized carbons (Fsp3) is 0.207. The van der Waals surface area contributed by atoms with E-state index in [1.165, 1.54) is 5.56 Å². The highest BCUT2D eigenvalue weighted by atomic mass is 16.5. The van der Waals surface area contributed by atoms with Crippen molar-refractivity contribution in [1.82, 2.24) is 4.57 Å². The van der Waals surface area contributed by atoms with Gasteiger partial charge in [0.15, 0.2) is 0 Å². The summed E-state index contributed by atoms with van der Waals surface area (Å²) in [5.74, 6) is 0.603. The Balaban J connectivity index is 1.74. The molecule has 0 aliphatic carbocycles. The zero-order valence-electron chi connectivity index (χ0n) is 18.9. The molecule has 32 heavy (non-hydrogen) atoms. The third kappa shape index (κ3) is 5.00. The number of aromatic nitrogens is 1. The van der Waals surface area contributed by atoms with Gasteiger partial charge in [0.2, 0.25) is 0 Å². The van der Waals surface area contributed by atoms with Gasteiger partial charge in [0.05, 0.1) is 12.1 Å². The summed E-state index contributed by atoms with van der Waals surface area (Å²) in [5.41, 5.74) is 4.84. The Morgan fingerprint density at radius 3 is 1.94 bits per heavy atom. The second-order valence-corrected chi connectivity index (χ2v) is 9.08. The number of hydrogen-bond acceptors (Lipinski definition) is 2. The molecule has 0 atom stereocenters. The van der Waals surface area contributed by atoms with Crippen molar-refractivity contribution in [2.75, 3.05) is 0 Å². The van der Waals surface area contributed by atoms with Crippen LogP contribution >= 0.6 is 0 Å². The van der Waals surface area contributed by atoms with E-state index in [4.69, 9.17) is 4.74 Å². The van der Waals surface area contributed by atoms with E-state index in [0.717, 1.165) is 16.7 Å². The summed E-state index contributed by atoms with van der Waals surface area (Å²) in [7, 11) is 0. The van der Waals surface area contributed by atoms with Gasteiger partial charge in [-0.3, -0.25) is 4.79 Å². The van der Waals surface area contributed by atoms with Crippen molar-refractivity contribution < 1.29 is 4.74 Å². The number of rotatable bonds is 6. The van der Waals surface area contributed by atoms with Gasteiger partial charge < -0.3 is 9.30 Å². The molecule has 0 aliphatic heterocycles. The second kappa shape index (κ2) is 9.27. The van der Waals surface area contributed by atoms with Crippen molar-refractivity contribution in [1.29, 1.82) is 0 Å². The minimum absolute atomic E-state index is 0.0510. The van der Waals surface area contributed by atoms with Gasteiger partial charge in [0.25, 0.3) is 5.56 Å². The summed E-state index contributed by atoms with van der Waals surface area (Å²) in [6, 6.07) is 30.2. The molecule has 162 valence electrons. The van der Waals surface area contributed by atoms with Gasteiger partial charge in [-0.05, 0) is 33.7 Å². The van der Waals surface area contributed by atoms with Crippen molar-refractivity contribution in [3.63, 3.8) is 0 Å². The van der Waals surface area contributed by atoms with E-state index in [1.807, 2.05) is 85.1 Å². The molecule has 0 bridgehead atoms. The molecule has 0 N–H and O–H groups in total. The standard InChI is InChI=1S/C29H29NO2/c1-29(2,3)25-16-14-24(15-17-25)27-26(32-21-23-12-8-5-9-13-23)18-19-30(28(27)31)20-22-10-6-4-7-11-22/h4-19H,20-21H2,1-3H3. The molecule has 4 aromatic rings. The highest BCUT2D eigenvalue weighted by Gasteiger charge is 2.17. The predicted octanol–water partition coefficient (Wildman–Crippen LogP) is 6.44. The lowest BCUT2D eigenvalue weighted by atomic mass is 9.86. The largest absolute Gasteiger partial charge is 0.488 e. The van der Waals surface area contributed by atoms with E-state index in [2.05, 4.69) is 32.9 Å². The Labute approximate surface area is 189 Å². The van der Waals surface area contributed by atoms with Crippen LogP contribution in [0.1, 0.15) is 37.5 Å². The van der Waals surface area contributed by atoms with E-state index < -0.39 is 0 Å². The first kappa shape index (κ1) is 21.6. The maximum Gasteiger partial charge on any atom is 0.262 e. The van der Waals surface area contributed by atoms with Crippen molar-refractivity contribution in [2.24, 2.45) is 0 Å². The smallest absolute Gasteiger partial charge is 0.262 e. The van der Waals surface area contributed by atoms with Crippen LogP contribution in [-0.2, 0) is 18.6 Å². The highest BCUT2D eigenvalue weighted by Crippen LogP contribution is 2.30. The fourth-order valence-corrected chi connectivity index (χ4v) is 3.72. The Hall–Kier alpha value is -3.59. The van der Waals surface area contributed by atoms with Gasteiger partial charge in [-0.15, -0.1) is 0 Å². The first-order chi connectivity index (χ1) is 15.4. The van der Waals surface area contributed by atoms with Crippen molar-refractivity contribution in [2.45, 2.75) is 39.3 Å². The number of ether oxygens (including phenoxy) is 1. The topological polar surface area (TPSA) is 31.2 Å². The molecule has 0 fully saturated rings. The second-order valence-electron chi connectivity index (χ2n) is 9.08. The number of nitrogens with zero attached hydrogens (tertiary/aromatic N) is 1. The average molecular weight is 424 g/mol. The zero-order chi connectivity index (χ0) is 22.6. The Morgan fingerprint density at radius 1 is 0.750 bits per heavy atom. The Bertz CT molecular complexity index is 1220. The molecule has 0 radical (unpaired) electrons. The first-order valence-electron chi connectivity index (χ1n) is 11.0. The number of hydrogen-bond donors (Lipinski definition) is 0. The molecule has 3 nitrogen and oxygen atoms in total. The predicted molar refractivity (Wildman–Crippen MR) is 131 cm³/mol. The molecule has 3 heteroatoms. The fourth-order valence-electron chi connectivity index (χ4n) is 3.72. The van der Waals surface area contributed by atoms with Gasteiger partial charge >= 0.3 is 0 Å². The summed E-state index contributed by atoms with van der Waals surface area (Å²) in [6.45, 7) is 7.49. The van der Waals surface area contributed by atoms with Crippen LogP contribution < -0.4 is 10.3 Å². The molecule has 0 aliphatic rings. The molecule has 0 spiro atoms. The minimum Gasteiger partial charge on any atom is -0.488 e. The van der Waals surface area contributed by atoms with Gasteiger partial charge in [-0.25, -0.2) is 0 Å². The molecule has 0 saturated heterocycles. The van der Waals surface area contributed by atoms with Crippen molar-refractivity contribution >= 4 is 0 Å². The maximum absolute atomic E-state index is 13.6. The normalized spacial score (nSPS) is 11.3. The summed E-state index contributed by atoms with van der Waals surface area (Å²) in [4.78, 5) is 13.6. The van der Waals surface area contributed by atoms with E-state index in [0.29, 0.717) is 24.5 Å². The van der Waals surface area contributed by atoms with E-state index >= 15 is 0 Å². The van der Waals surface area contributed by atoms with Crippen LogP contribution in [0, 0.1) is 0 Å². The van der Waals surface area contributed by atoms with Gasteiger partial charge in [0.1, 0.15) is 12.4 Å². The van der Waals surface area contributed by atoms with Crippen LogP contribution in [0.3, 0.4) is 0 Å². The van der Waals surface area contributed by atoms with Gasteiger partial charge in [-0.1, -0.05) is 106 Å². The van der Waals surface area contributed by atoms with Crippen molar-refractivity contribution in [3.05, 3.63) is 124 Å². The van der Waals surface area contributed by atoms with Crippen molar-refractivity contribution in [3.8, 4) is 16.9 Å². The average Bonchev–Trinajstić information content (AvgIpc) is 2.80. The van der Waals surface area contributed by atoms with Crippen LogP contribution in [-0.4, -0.2) is 4.57 Å². The third-order valence-corrected chi connectivity index (χ3v) is 5.60. The molecule has 0 unspecified atom stereocenters. The number of pyridine rings is 1. The molecule has 0 amide bonds. The van der Waals surface area contributed by atoms with E-state index in [9.17, 15) is 4.79 Å². The summed E-state index contributed by atoms with van der Waals surface area (Å²) in [5, 5.41) is 0. The lowest BCUT2D eigenvalue weighted by molar-refractivity contribution is 0.306. The summed E-state index contributed by atoms with van der Waals surface area (Å²) < 4.78 is 7.90. The van der Waals surface area contributed by atoms with Gasteiger partial charge in [0, 0.05) is 6.20 Å². The maximum atomic E-state index is 13.6. The van der Waals surface area contributed by atoms with E-state index in [1.54, 1.807) is 4.57 Å². The lowest BCUT2D eigenvalue weighted by Gasteiger charge is -2.20. The molecule has 1 aromatic heterocycles. The number of benzene rings is 3. The molecule has 4 rings (SSSR count). The quantitative estimate of drug-likeness (QED) is 0.357. The van der Waals surface area contributed by atoms with Crippen LogP contribution in [0.4, 0.5) is 0 Å². The summed E-state index contributed by atoms with van der Waals surface area (Å²) in [6.07, 6.45) is 1.82. The molecular weight excluding hydrogens is 394 g/mol. The molecular formula is C29H29NO2. The highest BCUT2D eigenvalue weighted by molar-refractivity contribution is 5.69.